The van der Waals surface area contributed by atoms with Crippen LogP contribution >= 0.6 is 0 Å². The van der Waals surface area contributed by atoms with E-state index in [1.165, 1.54) is 0 Å². The van der Waals surface area contributed by atoms with E-state index in [1.54, 1.807) is 6.20 Å². The van der Waals surface area contributed by atoms with Crippen LogP contribution in [0.25, 0.3) is 0 Å². The van der Waals surface area contributed by atoms with E-state index in [2.05, 4.69) is 24.1 Å². The maximum Gasteiger partial charge on any atom is 0.137 e. The Kier molecular flexibility index (Phi) is 4.40. The van der Waals surface area contributed by atoms with E-state index < -0.39 is 0 Å². The first-order chi connectivity index (χ1) is 6.72. The van der Waals surface area contributed by atoms with Crippen molar-refractivity contribution in [2.24, 2.45) is 5.92 Å². The van der Waals surface area contributed by atoms with Crippen molar-refractivity contribution in [1.29, 1.82) is 0 Å². The first kappa shape index (κ1) is 11.0. The van der Waals surface area contributed by atoms with Gasteiger partial charge in [-0.2, -0.15) is 0 Å². The Morgan fingerprint density at radius 2 is 2.21 bits per heavy atom. The quantitative estimate of drug-likeness (QED) is 0.776. The van der Waals surface area contributed by atoms with Crippen LogP contribution < -0.4 is 10.1 Å². The van der Waals surface area contributed by atoms with E-state index in [9.17, 15) is 0 Å². The Balaban J connectivity index is 2.54. The van der Waals surface area contributed by atoms with Gasteiger partial charge in [-0.3, -0.25) is 4.98 Å². The van der Waals surface area contributed by atoms with Crippen LogP contribution in [0.1, 0.15) is 19.4 Å². The molecule has 3 heteroatoms. The first-order valence-corrected chi connectivity index (χ1v) is 4.93. The fourth-order valence-corrected chi connectivity index (χ4v) is 1.11. The maximum atomic E-state index is 5.56. The fraction of sp³-hybridized carbons (Fsp3) is 0.545. The first-order valence-electron chi connectivity index (χ1n) is 4.93. The molecule has 14 heavy (non-hydrogen) atoms. The molecule has 0 aliphatic heterocycles. The summed E-state index contributed by atoms with van der Waals surface area (Å²) in [7, 11) is 1.92. The molecule has 0 saturated carbocycles. The molecule has 1 heterocycles. The topological polar surface area (TPSA) is 34.2 Å². The summed E-state index contributed by atoms with van der Waals surface area (Å²) >= 11 is 0. The maximum absolute atomic E-state index is 5.56. The molecule has 1 aromatic heterocycles. The summed E-state index contributed by atoms with van der Waals surface area (Å²) in [4.78, 5) is 4.12. The molecular formula is C11H18N2O. The zero-order chi connectivity index (χ0) is 10.4. The van der Waals surface area contributed by atoms with Crippen LogP contribution in [0.2, 0.25) is 0 Å². The highest BCUT2D eigenvalue weighted by Gasteiger charge is 1.98. The van der Waals surface area contributed by atoms with Gasteiger partial charge in [0.1, 0.15) is 5.75 Å². The van der Waals surface area contributed by atoms with E-state index in [0.29, 0.717) is 5.92 Å². The number of nitrogens with zero attached hydrogens (tertiary/aromatic N) is 1. The summed E-state index contributed by atoms with van der Waals surface area (Å²) in [5.41, 5.74) is 1.15. The molecule has 0 fully saturated rings. The van der Waals surface area contributed by atoms with Gasteiger partial charge in [-0.15, -0.1) is 0 Å². The van der Waals surface area contributed by atoms with Crippen molar-refractivity contribution in [2.75, 3.05) is 13.7 Å². The fourth-order valence-electron chi connectivity index (χ4n) is 1.11. The van der Waals surface area contributed by atoms with Crippen molar-refractivity contribution in [3.8, 4) is 5.75 Å². The van der Waals surface area contributed by atoms with Gasteiger partial charge in [-0.25, -0.2) is 0 Å². The molecule has 0 amide bonds. The van der Waals surface area contributed by atoms with Crippen LogP contribution in [-0.4, -0.2) is 18.6 Å². The van der Waals surface area contributed by atoms with Crippen LogP contribution in [0.3, 0.4) is 0 Å². The van der Waals surface area contributed by atoms with Gasteiger partial charge in [0.2, 0.25) is 0 Å². The van der Waals surface area contributed by atoms with Crippen molar-refractivity contribution in [3.05, 3.63) is 24.0 Å². The number of pyridine rings is 1. The average Bonchev–Trinajstić information content (AvgIpc) is 2.16. The number of hydrogen-bond donors (Lipinski definition) is 1. The normalized spacial score (nSPS) is 10.6. The number of ether oxygens (including phenoxy) is 1. The van der Waals surface area contributed by atoms with Gasteiger partial charge in [-0.05, 0) is 24.6 Å². The third-order valence-electron chi connectivity index (χ3n) is 1.73. The van der Waals surface area contributed by atoms with Crippen molar-refractivity contribution >= 4 is 0 Å². The smallest absolute Gasteiger partial charge is 0.137 e. The van der Waals surface area contributed by atoms with E-state index in [-0.39, 0.29) is 0 Å². The van der Waals surface area contributed by atoms with Gasteiger partial charge in [-0.1, -0.05) is 13.8 Å². The van der Waals surface area contributed by atoms with Crippen molar-refractivity contribution in [1.82, 2.24) is 10.3 Å². The van der Waals surface area contributed by atoms with Gasteiger partial charge < -0.3 is 10.1 Å². The van der Waals surface area contributed by atoms with Crippen LogP contribution in [-0.2, 0) is 6.54 Å². The second kappa shape index (κ2) is 5.60. The SMILES string of the molecule is CNCc1cncc(OCC(C)C)c1. The summed E-state index contributed by atoms with van der Waals surface area (Å²) in [6.07, 6.45) is 3.60. The largest absolute Gasteiger partial charge is 0.492 e. The minimum atomic E-state index is 0.544. The van der Waals surface area contributed by atoms with Crippen molar-refractivity contribution < 1.29 is 4.74 Å². The van der Waals surface area contributed by atoms with Gasteiger partial charge in [0.05, 0.1) is 12.8 Å². The minimum Gasteiger partial charge on any atom is -0.492 e. The van der Waals surface area contributed by atoms with Gasteiger partial charge in [0.25, 0.3) is 0 Å². The molecule has 3 nitrogen and oxygen atoms in total. The Morgan fingerprint density at radius 3 is 2.86 bits per heavy atom. The van der Waals surface area contributed by atoms with E-state index in [1.807, 2.05) is 19.3 Å². The van der Waals surface area contributed by atoms with Crippen LogP contribution in [0.4, 0.5) is 0 Å². The Bertz CT molecular complexity index is 274. The molecule has 1 rings (SSSR count). The Labute approximate surface area is 85.5 Å². The predicted octanol–water partition coefficient (Wildman–Crippen LogP) is 1.84. The number of nitrogens with one attached hydrogen (secondary N) is 1. The van der Waals surface area contributed by atoms with Crippen molar-refractivity contribution in [2.45, 2.75) is 20.4 Å². The van der Waals surface area contributed by atoms with Gasteiger partial charge in [0.15, 0.2) is 0 Å². The monoisotopic (exact) mass is 194 g/mol. The molecule has 78 valence electrons. The summed E-state index contributed by atoms with van der Waals surface area (Å²) in [6.45, 7) is 5.83. The second-order valence-corrected chi connectivity index (χ2v) is 3.76. The molecule has 0 atom stereocenters. The van der Waals surface area contributed by atoms with Crippen LogP contribution in [0.15, 0.2) is 18.5 Å². The molecular weight excluding hydrogens is 176 g/mol. The zero-order valence-electron chi connectivity index (χ0n) is 9.08. The minimum absolute atomic E-state index is 0.544. The lowest BCUT2D eigenvalue weighted by Crippen LogP contribution is -2.07. The Morgan fingerprint density at radius 1 is 1.43 bits per heavy atom. The summed E-state index contributed by atoms with van der Waals surface area (Å²) in [5, 5.41) is 3.08. The van der Waals surface area contributed by atoms with Gasteiger partial charge >= 0.3 is 0 Å². The molecule has 0 spiro atoms. The third kappa shape index (κ3) is 3.75. The second-order valence-electron chi connectivity index (χ2n) is 3.76. The summed E-state index contributed by atoms with van der Waals surface area (Å²) in [6, 6.07) is 2.02. The lowest BCUT2D eigenvalue weighted by molar-refractivity contribution is 0.270. The lowest BCUT2D eigenvalue weighted by atomic mass is 10.2. The molecule has 0 saturated heterocycles. The molecule has 1 aromatic rings. The zero-order valence-corrected chi connectivity index (χ0v) is 9.08. The molecule has 0 aliphatic carbocycles. The molecule has 0 aliphatic rings. The molecule has 1 N–H and O–H groups in total. The number of hydrogen-bond acceptors (Lipinski definition) is 3. The summed E-state index contributed by atoms with van der Waals surface area (Å²) in [5.74, 6) is 1.40. The van der Waals surface area contributed by atoms with Crippen LogP contribution in [0.5, 0.6) is 5.75 Å². The standard InChI is InChI=1S/C11H18N2O/c1-9(2)8-14-11-4-10(5-12-3)6-13-7-11/h4,6-7,9,12H,5,8H2,1-3H3. The van der Waals surface area contributed by atoms with E-state index >= 15 is 0 Å². The molecule has 0 unspecified atom stereocenters. The summed E-state index contributed by atoms with van der Waals surface area (Å²) < 4.78 is 5.56. The highest BCUT2D eigenvalue weighted by molar-refractivity contribution is 5.23. The van der Waals surface area contributed by atoms with E-state index in [4.69, 9.17) is 4.74 Å². The lowest BCUT2D eigenvalue weighted by Gasteiger charge is -2.09. The van der Waals surface area contributed by atoms with Gasteiger partial charge in [0, 0.05) is 12.7 Å². The highest BCUT2D eigenvalue weighted by Crippen LogP contribution is 2.11. The van der Waals surface area contributed by atoms with Crippen LogP contribution in [0, 0.1) is 5.92 Å². The number of aromatic nitrogens is 1. The predicted molar refractivity (Wildman–Crippen MR) is 57.3 cm³/mol. The highest BCUT2D eigenvalue weighted by atomic mass is 16.5. The molecule has 0 radical (unpaired) electrons. The molecule has 0 aromatic carbocycles. The molecule has 0 bridgehead atoms. The number of rotatable bonds is 5. The van der Waals surface area contributed by atoms with Crippen molar-refractivity contribution in [3.63, 3.8) is 0 Å². The van der Waals surface area contributed by atoms with E-state index in [0.717, 1.165) is 24.5 Å². The average molecular weight is 194 g/mol. The Hall–Kier alpha value is -1.09. The third-order valence-corrected chi connectivity index (χ3v) is 1.73.